The monoisotopic (exact) mass is 239 g/mol. The number of rotatable bonds is 7. The summed E-state index contributed by atoms with van der Waals surface area (Å²) in [4.78, 5) is 21.8. The van der Waals surface area contributed by atoms with Gasteiger partial charge in [0.25, 0.3) is 0 Å². The van der Waals surface area contributed by atoms with Crippen LogP contribution in [-0.2, 0) is 16.1 Å². The number of hydrogen-bond donors (Lipinski definition) is 2. The molecule has 0 saturated heterocycles. The van der Waals surface area contributed by atoms with E-state index in [0.717, 1.165) is 0 Å². The SMILES string of the molecule is CC(CCC(=O)O)NC(=O)CCn1cccn1. The van der Waals surface area contributed by atoms with Crippen LogP contribution in [0.5, 0.6) is 0 Å². The van der Waals surface area contributed by atoms with Crippen LogP contribution in [0.25, 0.3) is 0 Å². The summed E-state index contributed by atoms with van der Waals surface area (Å²) in [6.45, 7) is 2.33. The van der Waals surface area contributed by atoms with Gasteiger partial charge in [-0.05, 0) is 19.4 Å². The Balaban J connectivity index is 2.18. The quantitative estimate of drug-likeness (QED) is 0.731. The number of aliphatic carboxylic acids is 1. The number of amides is 1. The van der Waals surface area contributed by atoms with Crippen LogP contribution in [-0.4, -0.2) is 32.8 Å². The summed E-state index contributed by atoms with van der Waals surface area (Å²) in [5.74, 6) is -0.930. The van der Waals surface area contributed by atoms with Crippen molar-refractivity contribution in [3.05, 3.63) is 18.5 Å². The van der Waals surface area contributed by atoms with Gasteiger partial charge in [0.15, 0.2) is 0 Å². The molecule has 1 atom stereocenters. The maximum Gasteiger partial charge on any atom is 0.303 e. The topological polar surface area (TPSA) is 84.2 Å². The predicted molar refractivity (Wildman–Crippen MR) is 61.3 cm³/mol. The van der Waals surface area contributed by atoms with E-state index in [2.05, 4.69) is 10.4 Å². The highest BCUT2D eigenvalue weighted by molar-refractivity contribution is 5.76. The highest BCUT2D eigenvalue weighted by atomic mass is 16.4. The Kier molecular flexibility index (Phi) is 5.19. The van der Waals surface area contributed by atoms with Crippen LogP contribution < -0.4 is 5.32 Å². The fraction of sp³-hybridized carbons (Fsp3) is 0.545. The largest absolute Gasteiger partial charge is 0.481 e. The van der Waals surface area contributed by atoms with E-state index in [1.54, 1.807) is 30.1 Å². The molecule has 6 heteroatoms. The minimum absolute atomic E-state index is 0.0700. The molecule has 0 aliphatic carbocycles. The first-order chi connectivity index (χ1) is 8.08. The van der Waals surface area contributed by atoms with Gasteiger partial charge in [-0.25, -0.2) is 0 Å². The Labute approximate surface area is 99.6 Å². The van der Waals surface area contributed by atoms with Crippen molar-refractivity contribution < 1.29 is 14.7 Å². The van der Waals surface area contributed by atoms with Gasteiger partial charge in [-0.2, -0.15) is 5.10 Å². The van der Waals surface area contributed by atoms with Crippen LogP contribution in [0.1, 0.15) is 26.2 Å². The van der Waals surface area contributed by atoms with Gasteiger partial charge in [0.05, 0.1) is 0 Å². The van der Waals surface area contributed by atoms with Crippen LogP contribution in [0.2, 0.25) is 0 Å². The van der Waals surface area contributed by atoms with E-state index in [9.17, 15) is 9.59 Å². The van der Waals surface area contributed by atoms with Crippen LogP contribution in [0.4, 0.5) is 0 Å². The molecule has 1 unspecified atom stereocenters. The fourth-order valence-corrected chi connectivity index (χ4v) is 1.41. The molecule has 0 bridgehead atoms. The van der Waals surface area contributed by atoms with Crippen molar-refractivity contribution in [1.29, 1.82) is 0 Å². The standard InChI is InChI=1S/C11H17N3O3/c1-9(3-4-11(16)17)13-10(15)5-8-14-7-2-6-12-14/h2,6-7,9H,3-5,8H2,1H3,(H,13,15)(H,16,17). The summed E-state index contributed by atoms with van der Waals surface area (Å²) in [6, 6.07) is 1.68. The smallest absolute Gasteiger partial charge is 0.303 e. The molecule has 6 nitrogen and oxygen atoms in total. The fourth-order valence-electron chi connectivity index (χ4n) is 1.41. The molecule has 1 aromatic heterocycles. The van der Waals surface area contributed by atoms with Crippen LogP contribution in [0.3, 0.4) is 0 Å². The van der Waals surface area contributed by atoms with Crippen molar-refractivity contribution in [2.75, 3.05) is 0 Å². The first-order valence-electron chi connectivity index (χ1n) is 5.56. The van der Waals surface area contributed by atoms with Gasteiger partial charge < -0.3 is 10.4 Å². The highest BCUT2D eigenvalue weighted by Gasteiger charge is 2.09. The third-order valence-electron chi connectivity index (χ3n) is 2.33. The lowest BCUT2D eigenvalue weighted by atomic mass is 10.2. The zero-order valence-electron chi connectivity index (χ0n) is 9.80. The molecule has 1 rings (SSSR count). The predicted octanol–water partition coefficient (Wildman–Crippen LogP) is 0.643. The zero-order chi connectivity index (χ0) is 12.7. The number of hydrogen-bond acceptors (Lipinski definition) is 3. The van der Waals surface area contributed by atoms with Gasteiger partial charge in [0, 0.05) is 37.8 Å². The van der Waals surface area contributed by atoms with E-state index < -0.39 is 5.97 Å². The second-order valence-electron chi connectivity index (χ2n) is 3.92. The Morgan fingerprint density at radius 3 is 2.82 bits per heavy atom. The summed E-state index contributed by atoms with van der Waals surface area (Å²) >= 11 is 0. The molecular weight excluding hydrogens is 222 g/mol. The molecule has 0 fully saturated rings. The van der Waals surface area contributed by atoms with Crippen LogP contribution in [0.15, 0.2) is 18.5 Å². The van der Waals surface area contributed by atoms with Crippen molar-refractivity contribution in [3.63, 3.8) is 0 Å². The van der Waals surface area contributed by atoms with Gasteiger partial charge in [0.1, 0.15) is 0 Å². The summed E-state index contributed by atoms with van der Waals surface area (Å²) in [6.07, 6.45) is 4.32. The number of carboxylic acid groups (broad SMARTS) is 1. The number of aromatic nitrogens is 2. The van der Waals surface area contributed by atoms with E-state index in [-0.39, 0.29) is 18.4 Å². The van der Waals surface area contributed by atoms with Crippen molar-refractivity contribution in [2.24, 2.45) is 0 Å². The van der Waals surface area contributed by atoms with Gasteiger partial charge in [-0.1, -0.05) is 0 Å². The first-order valence-corrected chi connectivity index (χ1v) is 5.56. The summed E-state index contributed by atoms with van der Waals surface area (Å²) in [5, 5.41) is 15.2. The van der Waals surface area contributed by atoms with E-state index in [4.69, 9.17) is 5.11 Å². The number of aryl methyl sites for hydroxylation is 1. The maximum absolute atomic E-state index is 11.5. The lowest BCUT2D eigenvalue weighted by molar-refractivity contribution is -0.137. The summed E-state index contributed by atoms with van der Waals surface area (Å²) < 4.78 is 1.68. The number of nitrogens with zero attached hydrogens (tertiary/aromatic N) is 2. The minimum Gasteiger partial charge on any atom is -0.481 e. The second-order valence-corrected chi connectivity index (χ2v) is 3.92. The van der Waals surface area contributed by atoms with Crippen molar-refractivity contribution >= 4 is 11.9 Å². The number of carbonyl (C=O) groups is 2. The molecule has 0 aliphatic heterocycles. The Hall–Kier alpha value is -1.85. The molecule has 2 N–H and O–H groups in total. The normalized spacial score (nSPS) is 12.1. The molecule has 0 aromatic carbocycles. The van der Waals surface area contributed by atoms with E-state index in [1.165, 1.54) is 0 Å². The molecule has 94 valence electrons. The molecule has 0 saturated carbocycles. The number of carboxylic acids is 1. The van der Waals surface area contributed by atoms with Crippen LogP contribution >= 0.6 is 0 Å². The van der Waals surface area contributed by atoms with Crippen molar-refractivity contribution in [1.82, 2.24) is 15.1 Å². The lowest BCUT2D eigenvalue weighted by Gasteiger charge is -2.12. The van der Waals surface area contributed by atoms with Gasteiger partial charge in [0.2, 0.25) is 5.91 Å². The number of nitrogens with one attached hydrogen (secondary N) is 1. The Morgan fingerprint density at radius 1 is 1.47 bits per heavy atom. The van der Waals surface area contributed by atoms with Gasteiger partial charge >= 0.3 is 5.97 Å². The van der Waals surface area contributed by atoms with Crippen LogP contribution in [0, 0.1) is 0 Å². The first kappa shape index (κ1) is 13.2. The number of carbonyl (C=O) groups excluding carboxylic acids is 1. The third kappa shape index (κ3) is 5.70. The molecule has 0 spiro atoms. The van der Waals surface area contributed by atoms with E-state index in [1.807, 2.05) is 0 Å². The van der Waals surface area contributed by atoms with Gasteiger partial charge in [-0.15, -0.1) is 0 Å². The Bertz CT molecular complexity index is 362. The molecule has 1 heterocycles. The summed E-state index contributed by atoms with van der Waals surface area (Å²) in [5.41, 5.74) is 0. The molecule has 1 amide bonds. The van der Waals surface area contributed by atoms with E-state index >= 15 is 0 Å². The van der Waals surface area contributed by atoms with Crippen molar-refractivity contribution in [2.45, 2.75) is 38.8 Å². The molecule has 0 radical (unpaired) electrons. The van der Waals surface area contributed by atoms with Gasteiger partial charge in [-0.3, -0.25) is 14.3 Å². The van der Waals surface area contributed by atoms with E-state index in [0.29, 0.717) is 19.4 Å². The molecule has 17 heavy (non-hydrogen) atoms. The zero-order valence-corrected chi connectivity index (χ0v) is 9.80. The van der Waals surface area contributed by atoms with Crippen molar-refractivity contribution in [3.8, 4) is 0 Å². The lowest BCUT2D eigenvalue weighted by Crippen LogP contribution is -2.33. The second kappa shape index (κ2) is 6.67. The molecule has 1 aromatic rings. The molecular formula is C11H17N3O3. The molecule has 0 aliphatic rings. The summed E-state index contributed by atoms with van der Waals surface area (Å²) in [7, 11) is 0. The Morgan fingerprint density at radius 2 is 2.24 bits per heavy atom. The average molecular weight is 239 g/mol. The minimum atomic E-state index is -0.845. The third-order valence-corrected chi connectivity index (χ3v) is 2.33. The maximum atomic E-state index is 11.5. The average Bonchev–Trinajstić information content (AvgIpc) is 2.76. The highest BCUT2D eigenvalue weighted by Crippen LogP contribution is 1.97.